The van der Waals surface area contributed by atoms with Crippen LogP contribution in [0.15, 0.2) is 6.20 Å². The Kier molecular flexibility index (Phi) is 7.76. The summed E-state index contributed by atoms with van der Waals surface area (Å²) in [4.78, 5) is 12.0. The molecule has 12 heteroatoms. The van der Waals surface area contributed by atoms with Gasteiger partial charge >= 0.3 is 0 Å². The smallest absolute Gasteiger partial charge is 0.243 e. The zero-order valence-electron chi connectivity index (χ0n) is 13.9. The topological polar surface area (TPSA) is 176 Å². The molecule has 1 saturated heterocycles. The van der Waals surface area contributed by atoms with E-state index >= 15 is 0 Å². The van der Waals surface area contributed by atoms with E-state index in [-0.39, 0.29) is 5.82 Å². The van der Waals surface area contributed by atoms with E-state index in [0.29, 0.717) is 11.5 Å². The number of aliphatic hydroxyl groups excluding tert-OH is 4. The first kappa shape index (κ1) is 21.0. The average molecular weight is 389 g/mol. The minimum atomic E-state index is -1.54. The number of carbonyl (C=O) groups excluding carboxylic acids is 1. The third-order valence-corrected chi connectivity index (χ3v) is 4.83. The molecule has 5 unspecified atom stereocenters. The third-order valence-electron chi connectivity index (χ3n) is 3.76. The van der Waals surface area contributed by atoms with Gasteiger partial charge in [0, 0.05) is 5.75 Å². The lowest BCUT2D eigenvalue weighted by atomic mass is 9.98. The van der Waals surface area contributed by atoms with Crippen molar-refractivity contribution in [2.75, 3.05) is 23.4 Å². The van der Waals surface area contributed by atoms with Crippen LogP contribution >= 0.6 is 11.8 Å². The number of hydrogen-bond donors (Lipinski definition) is 6. The van der Waals surface area contributed by atoms with Crippen LogP contribution in [0.25, 0.3) is 0 Å². The predicted molar refractivity (Wildman–Crippen MR) is 92.6 cm³/mol. The van der Waals surface area contributed by atoms with E-state index in [1.54, 1.807) is 6.42 Å². The van der Waals surface area contributed by atoms with Crippen LogP contribution in [0.4, 0.5) is 5.82 Å². The Morgan fingerprint density at radius 2 is 2.19 bits per heavy atom. The minimum absolute atomic E-state index is 0.0798. The Labute approximate surface area is 154 Å². The monoisotopic (exact) mass is 389 g/mol. The molecule has 146 valence electrons. The highest BCUT2D eigenvalue weighted by atomic mass is 32.2. The highest BCUT2D eigenvalue weighted by Crippen LogP contribution is 2.28. The van der Waals surface area contributed by atoms with E-state index in [1.807, 2.05) is 0 Å². The van der Waals surface area contributed by atoms with Crippen molar-refractivity contribution in [3.63, 3.8) is 0 Å². The van der Waals surface area contributed by atoms with Crippen molar-refractivity contribution in [1.29, 1.82) is 0 Å². The van der Waals surface area contributed by atoms with Gasteiger partial charge < -0.3 is 36.2 Å². The number of aliphatic hydroxyl groups is 4. The van der Waals surface area contributed by atoms with Gasteiger partial charge in [0.15, 0.2) is 12.0 Å². The second kappa shape index (κ2) is 9.60. The van der Waals surface area contributed by atoms with Gasteiger partial charge in [-0.25, -0.2) is 4.68 Å². The molecule has 7 N–H and O–H groups in total. The van der Waals surface area contributed by atoms with E-state index in [2.05, 4.69) is 22.6 Å². The van der Waals surface area contributed by atoms with E-state index in [0.717, 1.165) is 4.68 Å². The van der Waals surface area contributed by atoms with E-state index in [9.17, 15) is 25.2 Å². The van der Waals surface area contributed by atoms with Crippen LogP contribution in [0.3, 0.4) is 0 Å². The number of carbonyl (C=O) groups is 1. The first-order valence-corrected chi connectivity index (χ1v) is 9.02. The molecule has 1 aliphatic rings. The standard InChI is InChI=1S/C14H23N5O6S/c1-2-3-26-6-7(15)13(24)16-9-4-19(18-17-9)14-12(23)11(22)10(21)8(5-20)25-14/h2,4,7-8,10-12,14,20-23H,1,3,5-6,15H2,(H,16,24)/t7-,8?,10?,11?,12?,14?/m1/s1. The molecule has 1 amide bonds. The summed E-state index contributed by atoms with van der Waals surface area (Å²) in [5, 5.41) is 48.8. The van der Waals surface area contributed by atoms with Crippen LogP contribution in [0.5, 0.6) is 0 Å². The molecule has 2 heterocycles. The summed E-state index contributed by atoms with van der Waals surface area (Å²) < 4.78 is 6.43. The van der Waals surface area contributed by atoms with Gasteiger partial charge in [-0.15, -0.1) is 5.10 Å². The van der Waals surface area contributed by atoms with Gasteiger partial charge in [0.25, 0.3) is 0 Å². The normalized spacial score (nSPS) is 30.2. The van der Waals surface area contributed by atoms with Crippen molar-refractivity contribution >= 4 is 23.5 Å². The van der Waals surface area contributed by atoms with E-state index in [1.165, 1.54) is 18.0 Å². The second-order valence-corrected chi connectivity index (χ2v) is 6.80. The fraction of sp³-hybridized carbons (Fsp3) is 0.643. The Hall–Kier alpha value is -1.28. The fourth-order valence-corrected chi connectivity index (χ4v) is 3.04. The first-order chi connectivity index (χ1) is 12.4. The van der Waals surface area contributed by atoms with E-state index < -0.39 is 49.2 Å². The quantitative estimate of drug-likeness (QED) is 0.256. The molecule has 2 radical (unpaired) electrons. The van der Waals surface area contributed by atoms with Gasteiger partial charge in [0.05, 0.1) is 18.8 Å². The zero-order chi connectivity index (χ0) is 19.3. The number of aromatic nitrogens is 3. The Bertz CT molecular complexity index is 588. The largest absolute Gasteiger partial charge is 0.394 e. The number of anilines is 1. The van der Waals surface area contributed by atoms with Crippen LogP contribution in [0.2, 0.25) is 0 Å². The van der Waals surface area contributed by atoms with Crippen LogP contribution in [0.1, 0.15) is 6.23 Å². The summed E-state index contributed by atoms with van der Waals surface area (Å²) in [6.07, 6.45) is -3.79. The highest BCUT2D eigenvalue weighted by Gasteiger charge is 2.44. The molecule has 0 bridgehead atoms. The van der Waals surface area contributed by atoms with Crippen molar-refractivity contribution < 1.29 is 30.0 Å². The molecule has 0 saturated carbocycles. The SMILES string of the molecule is [CH2][CH]CSC[C@@H](N)C(=O)Nc1cn(C2OC(CO)C(O)C(O)C2O)nn1. The van der Waals surface area contributed by atoms with Crippen molar-refractivity contribution in [2.45, 2.75) is 36.7 Å². The predicted octanol–water partition coefficient (Wildman–Crippen LogP) is -2.71. The van der Waals surface area contributed by atoms with Crippen LogP contribution in [-0.2, 0) is 9.53 Å². The van der Waals surface area contributed by atoms with Gasteiger partial charge in [0.1, 0.15) is 24.4 Å². The maximum absolute atomic E-state index is 12.0. The van der Waals surface area contributed by atoms with Crippen molar-refractivity contribution in [2.24, 2.45) is 5.73 Å². The molecule has 11 nitrogen and oxygen atoms in total. The Morgan fingerprint density at radius 1 is 1.46 bits per heavy atom. The number of amides is 1. The molecule has 1 aliphatic heterocycles. The summed E-state index contributed by atoms with van der Waals surface area (Å²) in [6.45, 7) is 3.02. The highest BCUT2D eigenvalue weighted by molar-refractivity contribution is 7.99. The summed E-state index contributed by atoms with van der Waals surface area (Å²) in [7, 11) is 0. The van der Waals surface area contributed by atoms with Crippen LogP contribution in [-0.4, -0.2) is 89.9 Å². The van der Waals surface area contributed by atoms with Crippen molar-refractivity contribution in [3.8, 4) is 0 Å². The van der Waals surface area contributed by atoms with Gasteiger partial charge in [0.2, 0.25) is 5.91 Å². The number of nitrogens with two attached hydrogens (primary N) is 1. The molecule has 1 aromatic rings. The number of nitrogens with one attached hydrogen (secondary N) is 1. The Balaban J connectivity index is 1.99. The van der Waals surface area contributed by atoms with Crippen molar-refractivity contribution in [3.05, 3.63) is 19.5 Å². The lowest BCUT2D eigenvalue weighted by molar-refractivity contribution is -0.254. The molecule has 0 spiro atoms. The van der Waals surface area contributed by atoms with Gasteiger partial charge in [-0.3, -0.25) is 4.79 Å². The lowest BCUT2D eigenvalue weighted by Gasteiger charge is -2.39. The maximum Gasteiger partial charge on any atom is 0.243 e. The molecular formula is C14H23N5O6S. The molecule has 0 aliphatic carbocycles. The number of thioether (sulfide) groups is 1. The van der Waals surface area contributed by atoms with Gasteiger partial charge in [-0.1, -0.05) is 5.21 Å². The number of hydrogen-bond acceptors (Lipinski definition) is 10. The number of rotatable bonds is 8. The van der Waals surface area contributed by atoms with Crippen molar-refractivity contribution in [1.82, 2.24) is 15.0 Å². The van der Waals surface area contributed by atoms with Crippen LogP contribution < -0.4 is 11.1 Å². The molecule has 1 fully saturated rings. The summed E-state index contributed by atoms with van der Waals surface area (Å²) in [5.74, 6) is 0.700. The minimum Gasteiger partial charge on any atom is -0.394 e. The fourth-order valence-electron chi connectivity index (χ4n) is 2.33. The molecule has 6 atom stereocenters. The average Bonchev–Trinajstić information content (AvgIpc) is 3.08. The molecule has 0 aromatic carbocycles. The van der Waals surface area contributed by atoms with E-state index in [4.69, 9.17) is 10.5 Å². The molecule has 2 rings (SSSR count). The Morgan fingerprint density at radius 3 is 2.85 bits per heavy atom. The van der Waals surface area contributed by atoms with Gasteiger partial charge in [-0.2, -0.15) is 11.8 Å². The lowest BCUT2D eigenvalue weighted by Crippen LogP contribution is -2.56. The molecular weight excluding hydrogens is 366 g/mol. The van der Waals surface area contributed by atoms with Gasteiger partial charge in [-0.05, 0) is 19.1 Å². The second-order valence-electron chi connectivity index (χ2n) is 5.73. The summed E-state index contributed by atoms with van der Waals surface area (Å²) in [5.41, 5.74) is 5.77. The maximum atomic E-state index is 12.0. The first-order valence-electron chi connectivity index (χ1n) is 7.86. The summed E-state index contributed by atoms with van der Waals surface area (Å²) in [6, 6.07) is -0.752. The summed E-state index contributed by atoms with van der Waals surface area (Å²) >= 11 is 1.46. The number of nitrogens with zero attached hydrogens (tertiary/aromatic N) is 3. The third kappa shape index (κ3) is 4.91. The zero-order valence-corrected chi connectivity index (χ0v) is 14.7. The molecule has 1 aromatic heterocycles. The van der Waals surface area contributed by atoms with Crippen LogP contribution in [0, 0.1) is 13.3 Å². The number of ether oxygens (including phenoxy) is 1. The molecule has 26 heavy (non-hydrogen) atoms.